The Morgan fingerprint density at radius 2 is 2.23 bits per heavy atom. The highest BCUT2D eigenvalue weighted by molar-refractivity contribution is 7.73. The second kappa shape index (κ2) is 3.32. The summed E-state index contributed by atoms with van der Waals surface area (Å²) in [5, 5.41) is 2.93. The second-order valence-electron chi connectivity index (χ2n) is 2.66. The van der Waals surface area contributed by atoms with Crippen LogP contribution in [0.15, 0.2) is 11.6 Å². The van der Waals surface area contributed by atoms with Crippen LogP contribution in [0.2, 0.25) is 0 Å². The Bertz CT molecular complexity index is 464. The van der Waals surface area contributed by atoms with Gasteiger partial charge in [-0.15, -0.1) is 22.7 Å². The maximum atomic E-state index is 5.26. The molecule has 0 N–H and O–H groups in total. The first kappa shape index (κ1) is 9.05. The quantitative estimate of drug-likeness (QED) is 0.697. The summed E-state index contributed by atoms with van der Waals surface area (Å²) in [5.74, 6) is 0. The van der Waals surface area contributed by atoms with E-state index < -0.39 is 0 Å². The van der Waals surface area contributed by atoms with Gasteiger partial charge < -0.3 is 0 Å². The van der Waals surface area contributed by atoms with E-state index in [-0.39, 0.29) is 0 Å². The summed E-state index contributed by atoms with van der Waals surface area (Å²) in [7, 11) is 0. The molecule has 0 unspecified atom stereocenters. The molecule has 68 valence electrons. The Kier molecular flexibility index (Phi) is 2.31. The Morgan fingerprint density at radius 1 is 1.46 bits per heavy atom. The molecule has 0 aliphatic rings. The number of aromatic nitrogens is 2. The average Bonchev–Trinajstić information content (AvgIpc) is 2.63. The van der Waals surface area contributed by atoms with Crippen molar-refractivity contribution in [1.29, 1.82) is 0 Å². The van der Waals surface area contributed by atoms with Gasteiger partial charge in [0.2, 0.25) is 0 Å². The van der Waals surface area contributed by atoms with Crippen LogP contribution in [0.5, 0.6) is 0 Å². The lowest BCUT2D eigenvalue weighted by Gasteiger charge is -1.99. The number of aryl methyl sites for hydroxylation is 1. The summed E-state index contributed by atoms with van der Waals surface area (Å²) in [4.78, 5) is 5.51. The van der Waals surface area contributed by atoms with Gasteiger partial charge in [-0.05, 0) is 26.1 Å². The van der Waals surface area contributed by atoms with Crippen LogP contribution in [0.25, 0.3) is 5.13 Å². The van der Waals surface area contributed by atoms with E-state index in [0.717, 1.165) is 9.09 Å². The van der Waals surface area contributed by atoms with Crippen molar-refractivity contribution in [3.8, 4) is 5.13 Å². The third-order valence-electron chi connectivity index (χ3n) is 1.88. The van der Waals surface area contributed by atoms with Crippen LogP contribution in [-0.4, -0.2) is 9.55 Å². The highest BCUT2D eigenvalue weighted by atomic mass is 32.1. The minimum atomic E-state index is 0.880. The molecule has 0 aliphatic heterocycles. The first-order valence-electron chi connectivity index (χ1n) is 3.79. The molecule has 0 bridgehead atoms. The van der Waals surface area contributed by atoms with Crippen LogP contribution in [0, 0.1) is 17.8 Å². The summed E-state index contributed by atoms with van der Waals surface area (Å²) in [6.45, 7) is 4.16. The molecule has 13 heavy (non-hydrogen) atoms. The van der Waals surface area contributed by atoms with Crippen LogP contribution >= 0.6 is 34.9 Å². The van der Waals surface area contributed by atoms with Crippen LogP contribution in [-0.2, 0) is 0 Å². The summed E-state index contributed by atoms with van der Waals surface area (Å²) in [5.41, 5.74) is 1.20. The van der Waals surface area contributed by atoms with E-state index in [1.807, 2.05) is 9.95 Å². The lowest BCUT2D eigenvalue weighted by molar-refractivity contribution is 0.977. The molecule has 0 amide bonds. The van der Waals surface area contributed by atoms with Gasteiger partial charge in [0.25, 0.3) is 0 Å². The topological polar surface area (TPSA) is 17.8 Å². The lowest BCUT2D eigenvalue weighted by Crippen LogP contribution is -1.95. The zero-order chi connectivity index (χ0) is 9.42. The van der Waals surface area contributed by atoms with Crippen molar-refractivity contribution >= 4 is 34.9 Å². The molecule has 0 fully saturated rings. The number of rotatable bonds is 1. The maximum absolute atomic E-state index is 5.26. The molecule has 5 heteroatoms. The lowest BCUT2D eigenvalue weighted by atomic mass is 10.4. The zero-order valence-electron chi connectivity index (χ0n) is 7.27. The summed E-state index contributed by atoms with van der Waals surface area (Å²) in [6.07, 6.45) is 1.80. The van der Waals surface area contributed by atoms with E-state index in [1.54, 1.807) is 28.9 Å². The van der Waals surface area contributed by atoms with Crippen LogP contribution in [0.3, 0.4) is 0 Å². The largest absolute Gasteiger partial charge is 0.271 e. The zero-order valence-corrected chi connectivity index (χ0v) is 9.72. The van der Waals surface area contributed by atoms with Gasteiger partial charge in [0, 0.05) is 22.1 Å². The molecule has 0 radical (unpaired) electrons. The van der Waals surface area contributed by atoms with E-state index in [4.69, 9.17) is 12.2 Å². The van der Waals surface area contributed by atoms with Gasteiger partial charge in [0.15, 0.2) is 9.09 Å². The smallest absolute Gasteiger partial charge is 0.195 e. The van der Waals surface area contributed by atoms with E-state index in [9.17, 15) is 0 Å². The summed E-state index contributed by atoms with van der Waals surface area (Å²) in [6, 6.07) is 0. The molecule has 2 aromatic rings. The monoisotopic (exact) mass is 228 g/mol. The number of hydrogen-bond acceptors (Lipinski definition) is 4. The standard InChI is InChI=1S/C8H8N2S3/c1-5-6(2)13-8(11)10(5)7-9-3-4-12-7/h3-4H,1-2H3. The van der Waals surface area contributed by atoms with Gasteiger partial charge in [-0.1, -0.05) is 0 Å². The predicted molar refractivity (Wildman–Crippen MR) is 59.6 cm³/mol. The highest BCUT2D eigenvalue weighted by Crippen LogP contribution is 2.23. The molecule has 0 aliphatic carbocycles. The van der Waals surface area contributed by atoms with Crippen LogP contribution < -0.4 is 0 Å². The fourth-order valence-corrected chi connectivity index (χ4v) is 3.32. The molecule has 2 aromatic heterocycles. The normalized spacial score (nSPS) is 10.6. The number of nitrogens with zero attached hydrogens (tertiary/aromatic N) is 2. The molecule has 0 saturated carbocycles. The van der Waals surface area contributed by atoms with E-state index in [2.05, 4.69) is 18.8 Å². The van der Waals surface area contributed by atoms with E-state index in [0.29, 0.717) is 0 Å². The van der Waals surface area contributed by atoms with Crippen LogP contribution in [0.1, 0.15) is 10.6 Å². The molecule has 2 rings (SSSR count). The molecule has 0 atom stereocenters. The molecule has 0 spiro atoms. The first-order chi connectivity index (χ1) is 6.20. The van der Waals surface area contributed by atoms with Crippen molar-refractivity contribution in [3.05, 3.63) is 26.1 Å². The van der Waals surface area contributed by atoms with Gasteiger partial charge in [0.1, 0.15) is 0 Å². The van der Waals surface area contributed by atoms with Gasteiger partial charge in [-0.2, -0.15) is 0 Å². The Labute approximate surface area is 89.5 Å². The van der Waals surface area contributed by atoms with E-state index in [1.165, 1.54) is 10.6 Å². The van der Waals surface area contributed by atoms with Crippen molar-refractivity contribution in [2.24, 2.45) is 0 Å². The second-order valence-corrected chi connectivity index (χ2v) is 5.38. The molecule has 0 aromatic carbocycles. The van der Waals surface area contributed by atoms with Gasteiger partial charge in [0.05, 0.1) is 0 Å². The Hall–Kier alpha value is -0.520. The third kappa shape index (κ3) is 1.47. The molecular formula is C8H8N2S3. The third-order valence-corrected chi connectivity index (χ3v) is 4.03. The van der Waals surface area contributed by atoms with Crippen molar-refractivity contribution in [1.82, 2.24) is 9.55 Å². The van der Waals surface area contributed by atoms with Crippen LogP contribution in [0.4, 0.5) is 0 Å². The average molecular weight is 228 g/mol. The molecule has 2 nitrogen and oxygen atoms in total. The predicted octanol–water partition coefficient (Wildman–Crippen LogP) is 3.34. The van der Waals surface area contributed by atoms with Gasteiger partial charge in [-0.25, -0.2) is 4.98 Å². The molecule has 2 heterocycles. The summed E-state index contributed by atoms with van der Waals surface area (Å²) >= 11 is 8.50. The molecular weight excluding hydrogens is 220 g/mol. The minimum Gasteiger partial charge on any atom is -0.271 e. The van der Waals surface area contributed by atoms with Crippen molar-refractivity contribution in [2.75, 3.05) is 0 Å². The first-order valence-corrected chi connectivity index (χ1v) is 5.89. The van der Waals surface area contributed by atoms with Gasteiger partial charge in [-0.3, -0.25) is 4.57 Å². The number of thiazole rings is 2. The van der Waals surface area contributed by atoms with Crippen molar-refractivity contribution in [2.45, 2.75) is 13.8 Å². The van der Waals surface area contributed by atoms with Gasteiger partial charge >= 0.3 is 0 Å². The summed E-state index contributed by atoms with van der Waals surface area (Å²) < 4.78 is 2.91. The Morgan fingerprint density at radius 3 is 2.69 bits per heavy atom. The number of hydrogen-bond donors (Lipinski definition) is 0. The van der Waals surface area contributed by atoms with E-state index >= 15 is 0 Å². The Balaban J connectivity index is 2.71. The molecule has 0 saturated heterocycles. The fourth-order valence-electron chi connectivity index (χ4n) is 1.09. The maximum Gasteiger partial charge on any atom is 0.195 e. The minimum absolute atomic E-state index is 0.880. The SMILES string of the molecule is Cc1sc(=S)n(-c2nccs2)c1C. The van der Waals surface area contributed by atoms with Crippen molar-refractivity contribution in [3.63, 3.8) is 0 Å². The van der Waals surface area contributed by atoms with Crippen molar-refractivity contribution < 1.29 is 0 Å². The fraction of sp³-hybridized carbons (Fsp3) is 0.250. The highest BCUT2D eigenvalue weighted by Gasteiger charge is 2.08.